The highest BCUT2D eigenvalue weighted by atomic mass is 16.4. The Hall–Kier alpha value is -1.26. The Morgan fingerprint density at radius 2 is 2.06 bits per heavy atom. The zero-order chi connectivity index (χ0) is 12.2. The summed E-state index contributed by atoms with van der Waals surface area (Å²) in [6.45, 7) is 4.45. The molecular formula is C11H21N3O2. The summed E-state index contributed by atoms with van der Waals surface area (Å²) >= 11 is 0. The summed E-state index contributed by atoms with van der Waals surface area (Å²) in [5.41, 5.74) is 4.78. The van der Waals surface area contributed by atoms with Gasteiger partial charge >= 0.3 is 0 Å². The zero-order valence-electron chi connectivity index (χ0n) is 9.99. The van der Waals surface area contributed by atoms with Crippen molar-refractivity contribution in [3.05, 3.63) is 0 Å². The van der Waals surface area contributed by atoms with Gasteiger partial charge in [-0.3, -0.25) is 4.79 Å². The van der Waals surface area contributed by atoms with E-state index in [1.807, 2.05) is 13.8 Å². The molecule has 1 amide bonds. The monoisotopic (exact) mass is 227 g/mol. The van der Waals surface area contributed by atoms with Crippen LogP contribution in [0.5, 0.6) is 0 Å². The number of nitrogens with one attached hydrogen (secondary N) is 1. The molecule has 92 valence electrons. The van der Waals surface area contributed by atoms with E-state index in [0.29, 0.717) is 25.3 Å². The number of nitrogens with two attached hydrogens (primary N) is 1. The SMILES string of the molecule is CCC(CC)(C(=O)NCC1CC1)C(N)=NO. The van der Waals surface area contributed by atoms with Gasteiger partial charge in [-0.15, -0.1) is 0 Å². The first kappa shape index (κ1) is 12.8. The molecule has 0 heterocycles. The third kappa shape index (κ3) is 2.46. The Kier molecular flexibility index (Phi) is 4.15. The van der Waals surface area contributed by atoms with Crippen LogP contribution in [0.1, 0.15) is 39.5 Å². The van der Waals surface area contributed by atoms with E-state index >= 15 is 0 Å². The van der Waals surface area contributed by atoms with Gasteiger partial charge in [0.1, 0.15) is 5.41 Å². The standard InChI is InChI=1S/C11H21N3O2/c1-3-11(4-2,9(12)14-16)10(15)13-7-8-5-6-8/h8,16H,3-7H2,1-2H3,(H2,12,14)(H,13,15). The van der Waals surface area contributed by atoms with Gasteiger partial charge in [-0.2, -0.15) is 0 Å². The first-order chi connectivity index (χ1) is 7.60. The fourth-order valence-corrected chi connectivity index (χ4v) is 1.87. The fourth-order valence-electron chi connectivity index (χ4n) is 1.87. The number of rotatable bonds is 6. The number of carbonyl (C=O) groups is 1. The normalized spacial score (nSPS) is 17.2. The molecule has 1 saturated carbocycles. The van der Waals surface area contributed by atoms with Crippen molar-refractivity contribution in [2.24, 2.45) is 22.2 Å². The van der Waals surface area contributed by atoms with E-state index in [4.69, 9.17) is 10.9 Å². The summed E-state index contributed by atoms with van der Waals surface area (Å²) in [4.78, 5) is 12.1. The molecule has 0 aliphatic heterocycles. The van der Waals surface area contributed by atoms with E-state index in [1.54, 1.807) is 0 Å². The van der Waals surface area contributed by atoms with Crippen LogP contribution in [0.15, 0.2) is 5.16 Å². The Morgan fingerprint density at radius 1 is 1.50 bits per heavy atom. The van der Waals surface area contributed by atoms with Crippen molar-refractivity contribution < 1.29 is 10.0 Å². The Bertz CT molecular complexity index is 281. The number of amides is 1. The van der Waals surface area contributed by atoms with Gasteiger partial charge in [-0.05, 0) is 31.6 Å². The van der Waals surface area contributed by atoms with Crippen molar-refractivity contribution in [1.29, 1.82) is 0 Å². The van der Waals surface area contributed by atoms with Crippen molar-refractivity contribution in [1.82, 2.24) is 5.32 Å². The minimum Gasteiger partial charge on any atom is -0.409 e. The molecule has 0 aromatic carbocycles. The van der Waals surface area contributed by atoms with Gasteiger partial charge in [-0.25, -0.2) is 0 Å². The maximum absolute atomic E-state index is 12.1. The van der Waals surface area contributed by atoms with Crippen molar-refractivity contribution in [3.8, 4) is 0 Å². The van der Waals surface area contributed by atoms with Crippen molar-refractivity contribution in [3.63, 3.8) is 0 Å². The van der Waals surface area contributed by atoms with Crippen LogP contribution < -0.4 is 11.1 Å². The van der Waals surface area contributed by atoms with E-state index in [-0.39, 0.29) is 11.7 Å². The molecule has 5 heteroatoms. The Balaban J connectivity index is 2.69. The first-order valence-electron chi connectivity index (χ1n) is 5.87. The van der Waals surface area contributed by atoms with Gasteiger partial charge in [0, 0.05) is 6.54 Å². The quantitative estimate of drug-likeness (QED) is 0.274. The average molecular weight is 227 g/mol. The molecule has 0 atom stereocenters. The molecule has 1 rings (SSSR count). The van der Waals surface area contributed by atoms with Gasteiger partial charge in [-0.1, -0.05) is 19.0 Å². The second-order valence-electron chi connectivity index (χ2n) is 4.43. The molecule has 16 heavy (non-hydrogen) atoms. The summed E-state index contributed by atoms with van der Waals surface area (Å²) < 4.78 is 0. The second kappa shape index (κ2) is 5.18. The van der Waals surface area contributed by atoms with E-state index in [2.05, 4.69) is 10.5 Å². The number of hydrogen-bond donors (Lipinski definition) is 3. The molecule has 0 spiro atoms. The average Bonchev–Trinajstić information content (AvgIpc) is 3.12. The number of carbonyl (C=O) groups excluding carboxylic acids is 1. The smallest absolute Gasteiger partial charge is 0.233 e. The summed E-state index contributed by atoms with van der Waals surface area (Å²) in [6, 6.07) is 0. The molecule has 1 aliphatic rings. The lowest BCUT2D eigenvalue weighted by Gasteiger charge is -2.28. The fraction of sp³-hybridized carbons (Fsp3) is 0.818. The molecule has 1 fully saturated rings. The first-order valence-corrected chi connectivity index (χ1v) is 5.87. The van der Waals surface area contributed by atoms with Gasteiger partial charge in [0.05, 0.1) is 0 Å². The molecule has 1 aliphatic carbocycles. The van der Waals surface area contributed by atoms with E-state index in [9.17, 15) is 4.79 Å². The van der Waals surface area contributed by atoms with Gasteiger partial charge in [0.15, 0.2) is 5.84 Å². The van der Waals surface area contributed by atoms with Gasteiger partial charge in [0.25, 0.3) is 0 Å². The number of amidine groups is 1. The number of hydrogen-bond acceptors (Lipinski definition) is 3. The van der Waals surface area contributed by atoms with E-state index in [1.165, 1.54) is 12.8 Å². The summed E-state index contributed by atoms with van der Waals surface area (Å²) in [5, 5.41) is 14.6. The van der Waals surface area contributed by atoms with Crippen LogP contribution in [0.3, 0.4) is 0 Å². The lowest BCUT2D eigenvalue weighted by Crippen LogP contribution is -2.49. The van der Waals surface area contributed by atoms with Crippen LogP contribution in [-0.4, -0.2) is 23.5 Å². The predicted octanol–water partition coefficient (Wildman–Crippen LogP) is 1.07. The highest BCUT2D eigenvalue weighted by molar-refractivity contribution is 6.06. The van der Waals surface area contributed by atoms with Gasteiger partial charge < -0.3 is 16.3 Å². The van der Waals surface area contributed by atoms with Crippen molar-refractivity contribution >= 4 is 11.7 Å². The van der Waals surface area contributed by atoms with E-state index < -0.39 is 5.41 Å². The van der Waals surface area contributed by atoms with Crippen LogP contribution in [0, 0.1) is 11.3 Å². The lowest BCUT2D eigenvalue weighted by atomic mass is 9.80. The summed E-state index contributed by atoms with van der Waals surface area (Å²) in [6.07, 6.45) is 3.45. The largest absolute Gasteiger partial charge is 0.409 e. The van der Waals surface area contributed by atoms with E-state index in [0.717, 1.165) is 0 Å². The summed E-state index contributed by atoms with van der Waals surface area (Å²) in [5.74, 6) is 0.508. The highest BCUT2D eigenvalue weighted by Crippen LogP contribution is 2.30. The molecule has 5 nitrogen and oxygen atoms in total. The lowest BCUT2D eigenvalue weighted by molar-refractivity contribution is -0.128. The minimum absolute atomic E-state index is 0.00537. The van der Waals surface area contributed by atoms with Crippen molar-refractivity contribution in [2.75, 3.05) is 6.54 Å². The van der Waals surface area contributed by atoms with Crippen LogP contribution in [0.25, 0.3) is 0 Å². The Labute approximate surface area is 96.1 Å². The molecule has 0 radical (unpaired) electrons. The summed E-state index contributed by atoms with van der Waals surface area (Å²) in [7, 11) is 0. The maximum atomic E-state index is 12.1. The third-order valence-electron chi connectivity index (χ3n) is 3.49. The molecule has 0 unspecified atom stereocenters. The molecule has 0 saturated heterocycles. The molecule has 4 N–H and O–H groups in total. The van der Waals surface area contributed by atoms with Crippen molar-refractivity contribution in [2.45, 2.75) is 39.5 Å². The molecule has 0 aromatic heterocycles. The van der Waals surface area contributed by atoms with Gasteiger partial charge in [0.2, 0.25) is 5.91 Å². The number of nitrogens with zero attached hydrogens (tertiary/aromatic N) is 1. The third-order valence-corrected chi connectivity index (χ3v) is 3.49. The van der Waals surface area contributed by atoms with Crippen LogP contribution in [0.2, 0.25) is 0 Å². The second-order valence-corrected chi connectivity index (χ2v) is 4.43. The minimum atomic E-state index is -0.857. The molecule has 0 aromatic rings. The number of oxime groups is 1. The predicted molar refractivity (Wildman–Crippen MR) is 62.2 cm³/mol. The highest BCUT2D eigenvalue weighted by Gasteiger charge is 2.40. The maximum Gasteiger partial charge on any atom is 0.233 e. The Morgan fingerprint density at radius 3 is 2.44 bits per heavy atom. The van der Waals surface area contributed by atoms with Crippen LogP contribution >= 0.6 is 0 Å². The zero-order valence-corrected chi connectivity index (χ0v) is 9.99. The topological polar surface area (TPSA) is 87.7 Å². The molecule has 0 bridgehead atoms. The van der Waals surface area contributed by atoms with Crippen LogP contribution in [-0.2, 0) is 4.79 Å². The molecular weight excluding hydrogens is 206 g/mol. The van der Waals surface area contributed by atoms with Crippen LogP contribution in [0.4, 0.5) is 0 Å².